The third-order valence-corrected chi connectivity index (χ3v) is 3.32. The van der Waals surface area contributed by atoms with Crippen LogP contribution in [0.3, 0.4) is 0 Å². The molecule has 2 rings (SSSR count). The van der Waals surface area contributed by atoms with Crippen LogP contribution in [-0.2, 0) is 6.42 Å². The number of halogens is 1. The van der Waals surface area contributed by atoms with Crippen molar-refractivity contribution in [3.8, 4) is 11.5 Å². The lowest BCUT2D eigenvalue weighted by atomic mass is 10.1. The molecule has 19 heavy (non-hydrogen) atoms. The minimum absolute atomic E-state index is 0.283. The van der Waals surface area contributed by atoms with Crippen LogP contribution in [0.1, 0.15) is 18.1 Å². The minimum atomic E-state index is 0.283. The van der Waals surface area contributed by atoms with E-state index in [1.165, 1.54) is 0 Å². The van der Waals surface area contributed by atoms with Crippen LogP contribution in [0, 0.1) is 0 Å². The fourth-order valence-corrected chi connectivity index (χ4v) is 2.29. The van der Waals surface area contributed by atoms with Gasteiger partial charge in [0.15, 0.2) is 0 Å². The van der Waals surface area contributed by atoms with Gasteiger partial charge >= 0.3 is 0 Å². The average molecular weight is 292 g/mol. The zero-order valence-corrected chi connectivity index (χ0v) is 12.1. The first-order valence-corrected chi connectivity index (χ1v) is 6.75. The summed E-state index contributed by atoms with van der Waals surface area (Å²) < 4.78 is 5.85. The largest absolute Gasteiger partial charge is 0.457 e. The van der Waals surface area contributed by atoms with Gasteiger partial charge in [-0.15, -0.1) is 0 Å². The molecule has 0 bridgehead atoms. The first-order chi connectivity index (χ1) is 9.11. The van der Waals surface area contributed by atoms with E-state index in [2.05, 4.69) is 6.92 Å². The number of nitrogens with two attached hydrogens (primary N) is 1. The van der Waals surface area contributed by atoms with Crippen molar-refractivity contribution >= 4 is 28.8 Å². The summed E-state index contributed by atoms with van der Waals surface area (Å²) in [7, 11) is 0. The molecule has 0 aromatic heterocycles. The molecule has 0 aliphatic carbocycles. The summed E-state index contributed by atoms with van der Waals surface area (Å²) in [5.41, 5.74) is 7.38. The molecule has 0 amide bonds. The van der Waals surface area contributed by atoms with Gasteiger partial charge in [0.05, 0.1) is 5.02 Å². The number of hydrogen-bond donors (Lipinski definition) is 1. The summed E-state index contributed by atoms with van der Waals surface area (Å²) in [4.78, 5) is 0.283. The van der Waals surface area contributed by atoms with Crippen molar-refractivity contribution in [2.24, 2.45) is 5.73 Å². The Bertz CT molecular complexity index is 613. The molecule has 98 valence electrons. The van der Waals surface area contributed by atoms with Gasteiger partial charge in [-0.2, -0.15) is 0 Å². The van der Waals surface area contributed by atoms with Crippen molar-refractivity contribution in [2.75, 3.05) is 0 Å². The Labute approximate surface area is 123 Å². The molecule has 0 radical (unpaired) electrons. The fraction of sp³-hybridized carbons (Fsp3) is 0.133. The van der Waals surface area contributed by atoms with Crippen LogP contribution in [-0.4, -0.2) is 4.99 Å². The maximum absolute atomic E-state index is 6.12. The van der Waals surface area contributed by atoms with Crippen LogP contribution < -0.4 is 10.5 Å². The van der Waals surface area contributed by atoms with Crippen molar-refractivity contribution in [1.82, 2.24) is 0 Å². The Hall–Kier alpha value is -1.58. The van der Waals surface area contributed by atoms with Gasteiger partial charge in [0.2, 0.25) is 0 Å². The Balaban J connectivity index is 2.29. The normalized spacial score (nSPS) is 10.2. The molecule has 0 saturated carbocycles. The smallest absolute Gasteiger partial charge is 0.130 e. The van der Waals surface area contributed by atoms with Crippen LogP contribution in [0.15, 0.2) is 42.5 Å². The predicted octanol–water partition coefficient (Wildman–Crippen LogP) is 4.33. The molecule has 0 fully saturated rings. The molecule has 2 aromatic rings. The summed E-state index contributed by atoms with van der Waals surface area (Å²) in [6.45, 7) is 2.09. The number of benzene rings is 2. The molecular formula is C15H14ClNOS. The molecule has 0 spiro atoms. The Kier molecular flexibility index (Phi) is 4.40. The second kappa shape index (κ2) is 6.04. The third kappa shape index (κ3) is 3.25. The monoisotopic (exact) mass is 291 g/mol. The molecule has 2 N–H and O–H groups in total. The average Bonchev–Trinajstić information content (AvgIpc) is 2.39. The zero-order chi connectivity index (χ0) is 13.8. The Morgan fingerprint density at radius 2 is 2.00 bits per heavy atom. The first-order valence-electron chi connectivity index (χ1n) is 5.97. The number of ether oxygens (including phenoxy) is 1. The highest BCUT2D eigenvalue weighted by atomic mass is 35.5. The Morgan fingerprint density at radius 3 is 2.63 bits per heavy atom. The highest BCUT2D eigenvalue weighted by Gasteiger charge is 2.07. The van der Waals surface area contributed by atoms with E-state index in [1.54, 1.807) is 12.1 Å². The van der Waals surface area contributed by atoms with E-state index < -0.39 is 0 Å². The molecule has 2 nitrogen and oxygen atoms in total. The van der Waals surface area contributed by atoms with Crippen molar-refractivity contribution in [3.63, 3.8) is 0 Å². The molecule has 0 saturated heterocycles. The number of rotatable bonds is 4. The number of thiocarbonyl (C=S) groups is 1. The van der Waals surface area contributed by atoms with Crippen molar-refractivity contribution < 1.29 is 4.74 Å². The van der Waals surface area contributed by atoms with E-state index in [0.29, 0.717) is 16.3 Å². The summed E-state index contributed by atoms with van der Waals surface area (Å²) >= 11 is 11.0. The zero-order valence-electron chi connectivity index (χ0n) is 10.5. The molecule has 0 atom stereocenters. The molecule has 0 aliphatic heterocycles. The van der Waals surface area contributed by atoms with E-state index in [9.17, 15) is 0 Å². The van der Waals surface area contributed by atoms with Crippen LogP contribution in [0.5, 0.6) is 11.5 Å². The maximum Gasteiger partial charge on any atom is 0.130 e. The maximum atomic E-state index is 6.12. The highest BCUT2D eigenvalue weighted by molar-refractivity contribution is 7.80. The quantitative estimate of drug-likeness (QED) is 0.852. The lowest BCUT2D eigenvalue weighted by Crippen LogP contribution is -2.09. The fourth-order valence-electron chi connectivity index (χ4n) is 1.78. The Morgan fingerprint density at radius 1 is 1.26 bits per heavy atom. The van der Waals surface area contributed by atoms with Crippen LogP contribution in [0.4, 0.5) is 0 Å². The van der Waals surface area contributed by atoms with Gasteiger partial charge < -0.3 is 10.5 Å². The van der Waals surface area contributed by atoms with Crippen LogP contribution in [0.2, 0.25) is 5.02 Å². The van der Waals surface area contributed by atoms with E-state index in [-0.39, 0.29) is 4.99 Å². The minimum Gasteiger partial charge on any atom is -0.457 e. The first kappa shape index (κ1) is 13.8. The molecule has 4 heteroatoms. The SMILES string of the molecule is CCc1ccccc1Oc1ccc(C(N)=S)c(Cl)c1. The van der Waals surface area contributed by atoms with Crippen molar-refractivity contribution in [3.05, 3.63) is 58.6 Å². The molecule has 0 heterocycles. The van der Waals surface area contributed by atoms with Gasteiger partial charge in [0, 0.05) is 11.6 Å². The van der Waals surface area contributed by atoms with Gasteiger partial charge in [-0.1, -0.05) is 48.9 Å². The standard InChI is InChI=1S/C15H14ClNOS/c1-2-10-5-3-4-6-14(10)18-11-7-8-12(15(17)19)13(16)9-11/h3-9H,2H2,1H3,(H2,17,19). The topological polar surface area (TPSA) is 35.2 Å². The number of para-hydroxylation sites is 1. The van der Waals surface area contributed by atoms with Gasteiger partial charge in [0.1, 0.15) is 16.5 Å². The molecule has 2 aromatic carbocycles. The molecular weight excluding hydrogens is 278 g/mol. The van der Waals surface area contributed by atoms with Gasteiger partial charge in [0.25, 0.3) is 0 Å². The lowest BCUT2D eigenvalue weighted by molar-refractivity contribution is 0.477. The van der Waals surface area contributed by atoms with E-state index in [4.69, 9.17) is 34.3 Å². The molecule has 0 unspecified atom stereocenters. The van der Waals surface area contributed by atoms with Gasteiger partial charge in [-0.25, -0.2) is 0 Å². The van der Waals surface area contributed by atoms with Gasteiger partial charge in [-0.05, 0) is 30.2 Å². The molecule has 0 aliphatic rings. The van der Waals surface area contributed by atoms with Crippen molar-refractivity contribution in [2.45, 2.75) is 13.3 Å². The second-order valence-corrected chi connectivity index (χ2v) is 4.92. The second-order valence-electron chi connectivity index (χ2n) is 4.07. The van der Waals surface area contributed by atoms with Crippen LogP contribution >= 0.6 is 23.8 Å². The van der Waals surface area contributed by atoms with Crippen LogP contribution in [0.25, 0.3) is 0 Å². The summed E-state index contributed by atoms with van der Waals surface area (Å²) in [5.74, 6) is 1.51. The van der Waals surface area contributed by atoms with Gasteiger partial charge in [-0.3, -0.25) is 0 Å². The third-order valence-electron chi connectivity index (χ3n) is 2.79. The number of hydrogen-bond acceptors (Lipinski definition) is 2. The predicted molar refractivity (Wildman–Crippen MR) is 83.2 cm³/mol. The highest BCUT2D eigenvalue weighted by Crippen LogP contribution is 2.29. The summed E-state index contributed by atoms with van der Waals surface area (Å²) in [5, 5.41) is 0.499. The van der Waals surface area contributed by atoms with E-state index >= 15 is 0 Å². The number of aryl methyl sites for hydroxylation is 1. The summed E-state index contributed by atoms with van der Waals surface area (Å²) in [6, 6.07) is 13.2. The summed E-state index contributed by atoms with van der Waals surface area (Å²) in [6.07, 6.45) is 0.912. The lowest BCUT2D eigenvalue weighted by Gasteiger charge is -2.11. The van der Waals surface area contributed by atoms with Crippen molar-refractivity contribution in [1.29, 1.82) is 0 Å². The van der Waals surface area contributed by atoms with E-state index in [1.807, 2.05) is 30.3 Å². The van der Waals surface area contributed by atoms with E-state index in [0.717, 1.165) is 17.7 Å².